The van der Waals surface area contributed by atoms with E-state index in [0.29, 0.717) is 17.1 Å². The number of alkyl halides is 3. The molecule has 0 fully saturated rings. The molecule has 0 aliphatic carbocycles. The second-order valence-electron chi connectivity index (χ2n) is 6.51. The van der Waals surface area contributed by atoms with Crippen LogP contribution in [0.3, 0.4) is 0 Å². The van der Waals surface area contributed by atoms with E-state index in [0.717, 1.165) is 12.1 Å². The van der Waals surface area contributed by atoms with Crippen molar-refractivity contribution >= 4 is 23.2 Å². The molecule has 0 spiro atoms. The smallest absolute Gasteiger partial charge is 0.481 e. The van der Waals surface area contributed by atoms with E-state index < -0.39 is 18.2 Å². The van der Waals surface area contributed by atoms with E-state index in [1.54, 1.807) is 36.4 Å². The molecule has 2 aromatic carbocycles. The van der Waals surface area contributed by atoms with E-state index in [9.17, 15) is 22.8 Å². The SMILES string of the molecule is COc1ccc(NC(=O)c2ccccc2NC(=O)Cc2ccc(OC(F)(F)F)cc2)cn1. The van der Waals surface area contributed by atoms with Crippen LogP contribution in [0.5, 0.6) is 11.6 Å². The van der Waals surface area contributed by atoms with Crippen LogP contribution >= 0.6 is 0 Å². The van der Waals surface area contributed by atoms with Gasteiger partial charge in [0.05, 0.1) is 36.7 Å². The molecule has 0 saturated carbocycles. The summed E-state index contributed by atoms with van der Waals surface area (Å²) in [6.45, 7) is 0. The minimum atomic E-state index is -4.79. The largest absolute Gasteiger partial charge is 0.573 e. The summed E-state index contributed by atoms with van der Waals surface area (Å²) in [4.78, 5) is 29.1. The predicted octanol–water partition coefficient (Wildman–Crippen LogP) is 4.42. The molecule has 0 saturated heterocycles. The van der Waals surface area contributed by atoms with Gasteiger partial charge in [-0.1, -0.05) is 24.3 Å². The lowest BCUT2D eigenvalue weighted by Gasteiger charge is -2.12. The number of anilines is 2. The fraction of sp³-hybridized carbons (Fsp3) is 0.136. The van der Waals surface area contributed by atoms with Crippen LogP contribution in [0, 0.1) is 0 Å². The minimum Gasteiger partial charge on any atom is -0.481 e. The van der Waals surface area contributed by atoms with Gasteiger partial charge in [0.15, 0.2) is 0 Å². The van der Waals surface area contributed by atoms with Gasteiger partial charge in [0.25, 0.3) is 5.91 Å². The number of hydrogen-bond donors (Lipinski definition) is 2. The lowest BCUT2D eigenvalue weighted by molar-refractivity contribution is -0.274. The maximum atomic E-state index is 12.7. The van der Waals surface area contributed by atoms with Crippen molar-refractivity contribution in [3.63, 3.8) is 0 Å². The Morgan fingerprint density at radius 2 is 1.69 bits per heavy atom. The van der Waals surface area contributed by atoms with Crippen molar-refractivity contribution in [1.29, 1.82) is 0 Å². The van der Waals surface area contributed by atoms with Gasteiger partial charge in [-0.3, -0.25) is 9.59 Å². The molecule has 0 bridgehead atoms. The average molecular weight is 445 g/mol. The zero-order valence-corrected chi connectivity index (χ0v) is 16.8. The van der Waals surface area contributed by atoms with Crippen molar-refractivity contribution < 1.29 is 32.2 Å². The molecule has 7 nitrogen and oxygen atoms in total. The number of methoxy groups -OCH3 is 1. The average Bonchev–Trinajstić information content (AvgIpc) is 2.75. The summed E-state index contributed by atoms with van der Waals surface area (Å²) in [5, 5.41) is 5.33. The molecule has 1 aromatic heterocycles. The van der Waals surface area contributed by atoms with E-state index in [-0.39, 0.29) is 23.4 Å². The van der Waals surface area contributed by atoms with Gasteiger partial charge < -0.3 is 20.1 Å². The zero-order chi connectivity index (χ0) is 23.1. The number of amides is 2. The van der Waals surface area contributed by atoms with Crippen LogP contribution in [0.1, 0.15) is 15.9 Å². The van der Waals surface area contributed by atoms with E-state index >= 15 is 0 Å². The third-order valence-electron chi connectivity index (χ3n) is 4.17. The van der Waals surface area contributed by atoms with Gasteiger partial charge >= 0.3 is 6.36 Å². The molecule has 32 heavy (non-hydrogen) atoms. The Bertz CT molecular complexity index is 1080. The number of rotatable bonds is 7. The Morgan fingerprint density at radius 1 is 0.969 bits per heavy atom. The van der Waals surface area contributed by atoms with Crippen LogP contribution in [0.2, 0.25) is 0 Å². The van der Waals surface area contributed by atoms with Gasteiger partial charge in [0.1, 0.15) is 5.75 Å². The van der Waals surface area contributed by atoms with Gasteiger partial charge in [0.2, 0.25) is 11.8 Å². The Morgan fingerprint density at radius 3 is 2.31 bits per heavy atom. The van der Waals surface area contributed by atoms with Crippen LogP contribution in [0.15, 0.2) is 66.9 Å². The maximum Gasteiger partial charge on any atom is 0.573 e. The number of benzene rings is 2. The van der Waals surface area contributed by atoms with E-state index in [4.69, 9.17) is 4.74 Å². The molecule has 10 heteroatoms. The van der Waals surface area contributed by atoms with Crippen LogP contribution in [0.25, 0.3) is 0 Å². The number of ether oxygens (including phenoxy) is 2. The summed E-state index contributed by atoms with van der Waals surface area (Å²) < 4.78 is 45.5. The number of pyridine rings is 1. The highest BCUT2D eigenvalue weighted by Crippen LogP contribution is 2.23. The molecule has 0 aliphatic heterocycles. The number of hydrogen-bond acceptors (Lipinski definition) is 5. The molecule has 166 valence electrons. The number of halogens is 3. The molecule has 2 amide bonds. The molecule has 0 radical (unpaired) electrons. The number of carbonyl (C=O) groups is 2. The van der Waals surface area contributed by atoms with Crippen LogP contribution in [-0.4, -0.2) is 30.3 Å². The molecule has 3 rings (SSSR count). The predicted molar refractivity (Wildman–Crippen MR) is 111 cm³/mol. The Kier molecular flexibility index (Phi) is 6.93. The summed E-state index contributed by atoms with van der Waals surface area (Å²) in [5.41, 5.74) is 1.43. The summed E-state index contributed by atoms with van der Waals surface area (Å²) >= 11 is 0. The van der Waals surface area contributed by atoms with E-state index in [2.05, 4.69) is 20.4 Å². The minimum absolute atomic E-state index is 0.106. The molecule has 0 unspecified atom stereocenters. The van der Waals surface area contributed by atoms with Gasteiger partial charge in [0, 0.05) is 6.07 Å². The molecular formula is C22H18F3N3O4. The highest BCUT2D eigenvalue weighted by atomic mass is 19.4. The number of nitrogens with one attached hydrogen (secondary N) is 2. The first-order chi connectivity index (χ1) is 15.2. The van der Waals surface area contributed by atoms with E-state index in [1.807, 2.05) is 0 Å². The molecule has 2 N–H and O–H groups in total. The highest BCUT2D eigenvalue weighted by molar-refractivity contribution is 6.10. The van der Waals surface area contributed by atoms with Crippen molar-refractivity contribution in [2.45, 2.75) is 12.8 Å². The summed E-state index contributed by atoms with van der Waals surface area (Å²) in [6.07, 6.45) is -3.46. The number of carbonyl (C=O) groups excluding carboxylic acids is 2. The van der Waals surface area contributed by atoms with Gasteiger partial charge in [-0.25, -0.2) is 4.98 Å². The topological polar surface area (TPSA) is 89.6 Å². The third-order valence-corrected chi connectivity index (χ3v) is 4.17. The van der Waals surface area contributed by atoms with Crippen molar-refractivity contribution in [3.8, 4) is 11.6 Å². The van der Waals surface area contributed by atoms with Crippen molar-refractivity contribution in [2.75, 3.05) is 17.7 Å². The van der Waals surface area contributed by atoms with Crippen molar-refractivity contribution in [3.05, 3.63) is 78.0 Å². The summed E-state index contributed by atoms with van der Waals surface area (Å²) in [7, 11) is 1.48. The first kappa shape index (κ1) is 22.6. The monoisotopic (exact) mass is 445 g/mol. The number of nitrogens with zero attached hydrogens (tertiary/aromatic N) is 1. The highest BCUT2D eigenvalue weighted by Gasteiger charge is 2.31. The fourth-order valence-electron chi connectivity index (χ4n) is 2.75. The second-order valence-corrected chi connectivity index (χ2v) is 6.51. The molecule has 1 heterocycles. The fourth-order valence-corrected chi connectivity index (χ4v) is 2.75. The lowest BCUT2D eigenvalue weighted by Crippen LogP contribution is -2.19. The number of aromatic nitrogens is 1. The first-order valence-electron chi connectivity index (χ1n) is 9.28. The Labute approximate surface area is 181 Å². The quantitative estimate of drug-likeness (QED) is 0.562. The molecule has 0 aliphatic rings. The summed E-state index contributed by atoms with van der Waals surface area (Å²) in [5.74, 6) is -0.882. The maximum absolute atomic E-state index is 12.7. The third kappa shape index (κ3) is 6.46. The van der Waals surface area contributed by atoms with Crippen LogP contribution in [-0.2, 0) is 11.2 Å². The molecular weight excluding hydrogens is 427 g/mol. The first-order valence-corrected chi connectivity index (χ1v) is 9.28. The lowest BCUT2D eigenvalue weighted by atomic mass is 10.1. The molecule has 0 atom stereocenters. The second kappa shape index (κ2) is 9.82. The van der Waals surface area contributed by atoms with Gasteiger partial charge in [-0.2, -0.15) is 0 Å². The molecule has 3 aromatic rings. The Balaban J connectivity index is 1.64. The zero-order valence-electron chi connectivity index (χ0n) is 16.8. The van der Waals surface area contributed by atoms with Crippen LogP contribution in [0.4, 0.5) is 24.5 Å². The van der Waals surface area contributed by atoms with Crippen molar-refractivity contribution in [1.82, 2.24) is 4.98 Å². The van der Waals surface area contributed by atoms with Crippen LogP contribution < -0.4 is 20.1 Å². The van der Waals surface area contributed by atoms with E-state index in [1.165, 1.54) is 25.4 Å². The van der Waals surface area contributed by atoms with Crippen molar-refractivity contribution in [2.24, 2.45) is 0 Å². The van der Waals surface area contributed by atoms with Gasteiger partial charge in [-0.15, -0.1) is 13.2 Å². The normalized spacial score (nSPS) is 10.9. The van der Waals surface area contributed by atoms with Gasteiger partial charge in [-0.05, 0) is 35.9 Å². The standard InChI is InChI=1S/C22H18F3N3O4/c1-31-20-11-8-15(13-26-20)27-21(30)17-4-2-3-5-18(17)28-19(29)12-14-6-9-16(10-7-14)32-22(23,24)25/h2-11,13H,12H2,1H3,(H,27,30)(H,28,29). The number of para-hydroxylation sites is 1. The Hall–Kier alpha value is -4.08. The summed E-state index contributed by atoms with van der Waals surface area (Å²) in [6, 6.07) is 14.6.